The highest BCUT2D eigenvalue weighted by atomic mass is 19.3. The number of aliphatic imine (C=N–C) groups is 1. The molecule has 0 aliphatic heterocycles. The lowest BCUT2D eigenvalue weighted by atomic mass is 9.60. The number of fused-ring (bicyclic) bond motifs is 2. The lowest BCUT2D eigenvalue weighted by molar-refractivity contribution is -0.132. The second-order valence-corrected chi connectivity index (χ2v) is 10.4. The highest BCUT2D eigenvalue weighted by Crippen LogP contribution is 2.65. The summed E-state index contributed by atoms with van der Waals surface area (Å²) in [5.41, 5.74) is 6.41. The van der Waals surface area contributed by atoms with Crippen molar-refractivity contribution >= 4 is 12.1 Å². The smallest absolute Gasteiger partial charge is 0.251 e. The van der Waals surface area contributed by atoms with Crippen molar-refractivity contribution in [3.05, 3.63) is 35.9 Å². The molecule has 0 spiro atoms. The summed E-state index contributed by atoms with van der Waals surface area (Å²) in [7, 11) is 0. The fourth-order valence-electron chi connectivity index (χ4n) is 7.04. The maximum atomic E-state index is 13.6. The molecule has 2 N–H and O–H groups in total. The molecule has 3 saturated carbocycles. The van der Waals surface area contributed by atoms with E-state index in [2.05, 4.69) is 24.0 Å². The number of rotatable bonds is 6. The molecule has 5 heteroatoms. The lowest BCUT2D eigenvalue weighted by Gasteiger charge is -2.43. The minimum Gasteiger partial charge on any atom is -0.328 e. The van der Waals surface area contributed by atoms with Crippen LogP contribution in [-0.4, -0.2) is 24.6 Å². The van der Waals surface area contributed by atoms with Gasteiger partial charge in [-0.05, 0) is 80.1 Å². The van der Waals surface area contributed by atoms with E-state index in [9.17, 15) is 13.6 Å². The van der Waals surface area contributed by atoms with Gasteiger partial charge in [0.1, 0.15) is 0 Å². The quantitative estimate of drug-likeness (QED) is 0.570. The van der Waals surface area contributed by atoms with Crippen LogP contribution in [0.4, 0.5) is 8.78 Å². The maximum absolute atomic E-state index is 13.6. The van der Waals surface area contributed by atoms with Crippen molar-refractivity contribution in [2.75, 3.05) is 0 Å². The van der Waals surface area contributed by atoms with Gasteiger partial charge in [-0.15, -0.1) is 0 Å². The molecule has 31 heavy (non-hydrogen) atoms. The zero-order valence-electron chi connectivity index (χ0n) is 18.6. The monoisotopic (exact) mass is 430 g/mol. The Labute approximate surface area is 184 Å². The van der Waals surface area contributed by atoms with Crippen LogP contribution in [-0.2, 0) is 10.2 Å². The molecule has 3 aliphatic rings. The fourth-order valence-corrected chi connectivity index (χ4v) is 7.04. The van der Waals surface area contributed by atoms with Crippen LogP contribution >= 0.6 is 0 Å². The number of carbonyl (C=O) groups excluding carboxylic acids is 1. The summed E-state index contributed by atoms with van der Waals surface area (Å²) in [4.78, 5) is 18.2. The zero-order chi connectivity index (χ0) is 22.1. The molecule has 2 bridgehead atoms. The van der Waals surface area contributed by atoms with Gasteiger partial charge in [-0.3, -0.25) is 4.79 Å². The number of hydrogen-bond acceptors (Lipinski definition) is 2. The van der Waals surface area contributed by atoms with Crippen molar-refractivity contribution in [3.8, 4) is 0 Å². The van der Waals surface area contributed by atoms with Gasteiger partial charge in [-0.1, -0.05) is 43.7 Å². The van der Waals surface area contributed by atoms with E-state index in [1.165, 1.54) is 5.56 Å². The molecular formula is C26H36F2N2O. The molecule has 4 atom stereocenters. The molecule has 0 radical (unpaired) electrons. The van der Waals surface area contributed by atoms with E-state index in [0.717, 1.165) is 51.4 Å². The van der Waals surface area contributed by atoms with E-state index in [1.807, 2.05) is 24.4 Å². The Morgan fingerprint density at radius 3 is 2.52 bits per heavy atom. The van der Waals surface area contributed by atoms with Crippen molar-refractivity contribution in [1.82, 2.24) is 0 Å². The number of nitrogens with two attached hydrogens (primary N) is 1. The summed E-state index contributed by atoms with van der Waals surface area (Å²) >= 11 is 0. The van der Waals surface area contributed by atoms with Crippen molar-refractivity contribution in [3.63, 3.8) is 0 Å². The molecule has 4 rings (SSSR count). The van der Waals surface area contributed by atoms with E-state index >= 15 is 0 Å². The van der Waals surface area contributed by atoms with Crippen LogP contribution in [0, 0.1) is 23.2 Å². The molecule has 1 amide bonds. The van der Waals surface area contributed by atoms with Gasteiger partial charge in [0.15, 0.2) is 0 Å². The highest BCUT2D eigenvalue weighted by Gasteiger charge is 2.62. The third-order valence-corrected chi connectivity index (χ3v) is 8.44. The summed E-state index contributed by atoms with van der Waals surface area (Å²) in [6, 6.07) is 10.5. The van der Waals surface area contributed by atoms with E-state index < -0.39 is 11.8 Å². The van der Waals surface area contributed by atoms with Crippen molar-refractivity contribution in [1.29, 1.82) is 0 Å². The van der Waals surface area contributed by atoms with Gasteiger partial charge in [0.05, 0.1) is 5.41 Å². The van der Waals surface area contributed by atoms with E-state index in [0.29, 0.717) is 12.3 Å². The third kappa shape index (κ3) is 4.48. The number of carbonyl (C=O) groups is 1. The van der Waals surface area contributed by atoms with Gasteiger partial charge in [0.25, 0.3) is 5.91 Å². The van der Waals surface area contributed by atoms with Crippen LogP contribution in [0.15, 0.2) is 35.3 Å². The SMILES string of the molecule is CCC1CC2(c3ccccc3)CC(CC(F)F)CC1(C(=O)N=CC1CCC(N)CC1)C2. The Balaban J connectivity index is 1.63. The van der Waals surface area contributed by atoms with Crippen molar-refractivity contribution < 1.29 is 13.6 Å². The predicted octanol–water partition coefficient (Wildman–Crippen LogP) is 5.91. The first kappa shape index (κ1) is 22.6. The zero-order valence-corrected chi connectivity index (χ0v) is 18.6. The standard InChI is InChI=1S/C26H36F2N2O/c1-2-20-15-25(21-6-4-3-5-7-21)13-19(12-23(27)28)14-26(20,17-25)24(31)30-16-18-8-10-22(29)11-9-18/h3-7,16,18-20,22-23H,2,8-15,17,29H2,1H3. The summed E-state index contributed by atoms with van der Waals surface area (Å²) < 4.78 is 26.8. The molecule has 3 fully saturated rings. The van der Waals surface area contributed by atoms with Crippen molar-refractivity contribution in [2.45, 2.75) is 89.0 Å². The number of alkyl halides is 2. The van der Waals surface area contributed by atoms with Crippen LogP contribution in [0.1, 0.15) is 76.7 Å². The van der Waals surface area contributed by atoms with Gasteiger partial charge in [0, 0.05) is 18.7 Å². The number of halogens is 2. The van der Waals surface area contributed by atoms with E-state index in [-0.39, 0.29) is 35.6 Å². The summed E-state index contributed by atoms with van der Waals surface area (Å²) in [5, 5.41) is 0. The van der Waals surface area contributed by atoms with Crippen LogP contribution in [0.5, 0.6) is 0 Å². The molecule has 0 heterocycles. The topological polar surface area (TPSA) is 55.5 Å². The number of benzene rings is 1. The maximum Gasteiger partial charge on any atom is 0.251 e. The predicted molar refractivity (Wildman–Crippen MR) is 120 cm³/mol. The molecule has 0 saturated heterocycles. The molecule has 1 aromatic carbocycles. The highest BCUT2D eigenvalue weighted by molar-refractivity contribution is 5.91. The van der Waals surface area contributed by atoms with Crippen molar-refractivity contribution in [2.24, 2.45) is 33.9 Å². The molecule has 3 aliphatic carbocycles. The normalized spacial score (nSPS) is 38.1. The second kappa shape index (κ2) is 9.09. The Hall–Kier alpha value is -1.62. The molecule has 1 aromatic rings. The van der Waals surface area contributed by atoms with E-state index in [4.69, 9.17) is 5.73 Å². The number of hydrogen-bond donors (Lipinski definition) is 1. The summed E-state index contributed by atoms with van der Waals surface area (Å²) in [5.74, 6) is 0.295. The fraction of sp³-hybridized carbons (Fsp3) is 0.692. The van der Waals surface area contributed by atoms with Crippen LogP contribution in [0.3, 0.4) is 0 Å². The first-order valence-corrected chi connectivity index (χ1v) is 12.0. The molecular weight excluding hydrogens is 394 g/mol. The average Bonchev–Trinajstić information content (AvgIpc) is 3.01. The first-order valence-electron chi connectivity index (χ1n) is 12.0. The molecule has 170 valence electrons. The van der Waals surface area contributed by atoms with Gasteiger partial charge in [0.2, 0.25) is 6.43 Å². The Bertz CT molecular complexity index is 790. The summed E-state index contributed by atoms with van der Waals surface area (Å²) in [6.07, 6.45) is 7.12. The van der Waals surface area contributed by atoms with Crippen LogP contribution < -0.4 is 5.73 Å². The molecule has 3 nitrogen and oxygen atoms in total. The average molecular weight is 431 g/mol. The van der Waals surface area contributed by atoms with Crippen LogP contribution in [0.25, 0.3) is 0 Å². The van der Waals surface area contributed by atoms with Gasteiger partial charge in [-0.25, -0.2) is 13.8 Å². The lowest BCUT2D eigenvalue weighted by Crippen LogP contribution is -2.42. The third-order valence-electron chi connectivity index (χ3n) is 8.44. The minimum absolute atomic E-state index is 0.0639. The second-order valence-electron chi connectivity index (χ2n) is 10.4. The Kier molecular flexibility index (Phi) is 6.62. The Morgan fingerprint density at radius 1 is 1.16 bits per heavy atom. The number of nitrogens with zero attached hydrogens (tertiary/aromatic N) is 1. The van der Waals surface area contributed by atoms with Gasteiger partial charge in [-0.2, -0.15) is 0 Å². The van der Waals surface area contributed by atoms with E-state index in [1.54, 1.807) is 0 Å². The summed E-state index contributed by atoms with van der Waals surface area (Å²) in [6.45, 7) is 2.13. The van der Waals surface area contributed by atoms with Gasteiger partial charge < -0.3 is 5.73 Å². The van der Waals surface area contributed by atoms with Crippen LogP contribution in [0.2, 0.25) is 0 Å². The largest absolute Gasteiger partial charge is 0.328 e. The Morgan fingerprint density at radius 2 is 1.87 bits per heavy atom. The molecule has 4 unspecified atom stereocenters. The number of amides is 1. The molecule has 0 aromatic heterocycles. The van der Waals surface area contributed by atoms with Gasteiger partial charge >= 0.3 is 0 Å². The minimum atomic E-state index is -2.34. The first-order chi connectivity index (χ1) is 14.9.